The van der Waals surface area contributed by atoms with Gasteiger partial charge < -0.3 is 9.15 Å². The maximum atomic E-state index is 12.3. The van der Waals surface area contributed by atoms with Gasteiger partial charge in [0.05, 0.1) is 17.2 Å². The van der Waals surface area contributed by atoms with E-state index in [4.69, 9.17) is 20.8 Å². The number of imide groups is 1. The number of hydrogen-bond donors (Lipinski definition) is 1. The molecule has 170 valence electrons. The third-order valence-electron chi connectivity index (χ3n) is 5.93. The van der Waals surface area contributed by atoms with Crippen LogP contribution in [0, 0.1) is 0 Å². The van der Waals surface area contributed by atoms with Crippen LogP contribution in [0.4, 0.5) is 0 Å². The first-order chi connectivity index (χ1) is 16.5. The summed E-state index contributed by atoms with van der Waals surface area (Å²) in [7, 11) is 0. The van der Waals surface area contributed by atoms with Crippen molar-refractivity contribution in [3.05, 3.63) is 89.3 Å². The molecular weight excluding hydrogens is 454 g/mol. The molecule has 2 heterocycles. The minimum Gasteiger partial charge on any atom is -0.485 e. The van der Waals surface area contributed by atoms with Crippen LogP contribution in [-0.4, -0.2) is 24.2 Å². The van der Waals surface area contributed by atoms with Gasteiger partial charge in [0.1, 0.15) is 5.75 Å². The van der Waals surface area contributed by atoms with E-state index in [0.29, 0.717) is 29.2 Å². The molecule has 0 spiro atoms. The summed E-state index contributed by atoms with van der Waals surface area (Å²) >= 11 is 6.74. The summed E-state index contributed by atoms with van der Waals surface area (Å²) in [5, 5.41) is 4.83. The zero-order chi connectivity index (χ0) is 23.7. The van der Waals surface area contributed by atoms with E-state index in [-0.39, 0.29) is 30.0 Å². The van der Waals surface area contributed by atoms with Crippen LogP contribution >= 0.6 is 11.6 Å². The lowest BCUT2D eigenvalue weighted by atomic mass is 9.88. The summed E-state index contributed by atoms with van der Waals surface area (Å²) in [5.41, 5.74) is 2.44. The Morgan fingerprint density at radius 1 is 1.03 bits per heavy atom. The fraction of sp³-hybridized carbons (Fsp3) is 0.148. The summed E-state index contributed by atoms with van der Waals surface area (Å²) in [6.07, 6.45) is 2.19. The van der Waals surface area contributed by atoms with E-state index in [1.54, 1.807) is 12.1 Å². The van der Waals surface area contributed by atoms with E-state index >= 15 is 0 Å². The fourth-order valence-corrected chi connectivity index (χ4v) is 4.54. The molecule has 7 heteroatoms. The molecule has 1 aliphatic heterocycles. The zero-order valence-corrected chi connectivity index (χ0v) is 18.8. The molecular formula is C27H20ClNO5. The van der Waals surface area contributed by atoms with Gasteiger partial charge in [-0.2, -0.15) is 0 Å². The highest BCUT2D eigenvalue weighted by Gasteiger charge is 2.30. The van der Waals surface area contributed by atoms with Crippen molar-refractivity contribution in [2.45, 2.75) is 18.8 Å². The van der Waals surface area contributed by atoms with Crippen LogP contribution < -0.4 is 10.1 Å². The summed E-state index contributed by atoms with van der Waals surface area (Å²) in [6, 6.07) is 20.4. The van der Waals surface area contributed by atoms with Gasteiger partial charge in [-0.1, -0.05) is 48.0 Å². The first kappa shape index (κ1) is 21.9. The zero-order valence-electron chi connectivity index (χ0n) is 18.0. The van der Waals surface area contributed by atoms with Gasteiger partial charge in [-0.05, 0) is 58.7 Å². The minimum atomic E-state index is -0.450. The second-order valence-electron chi connectivity index (χ2n) is 8.13. The number of Topliss-reactive ketones (excluding diaryl/α,β-unsaturated/α-hetero) is 1. The number of halogens is 1. The molecule has 1 saturated heterocycles. The van der Waals surface area contributed by atoms with Crippen molar-refractivity contribution in [2.75, 3.05) is 6.61 Å². The summed E-state index contributed by atoms with van der Waals surface area (Å²) in [5.74, 6) is -0.399. The van der Waals surface area contributed by atoms with Crippen LogP contribution in [0.3, 0.4) is 0 Å². The number of nitrogens with one attached hydrogen (secondary N) is 1. The minimum absolute atomic E-state index is 0.111. The molecule has 1 aromatic heterocycles. The van der Waals surface area contributed by atoms with Gasteiger partial charge in [0.15, 0.2) is 12.4 Å². The van der Waals surface area contributed by atoms with Gasteiger partial charge in [-0.25, -0.2) is 0 Å². The molecule has 5 rings (SSSR count). The van der Waals surface area contributed by atoms with Crippen molar-refractivity contribution < 1.29 is 23.5 Å². The summed E-state index contributed by atoms with van der Waals surface area (Å²) < 4.78 is 10.7. The maximum Gasteiger partial charge on any atom is 0.235 e. The number of carbonyl (C=O) groups is 3. The number of furan rings is 1. The maximum absolute atomic E-state index is 12.3. The fourth-order valence-electron chi connectivity index (χ4n) is 4.17. The molecule has 3 aromatic carbocycles. The number of amides is 2. The molecule has 1 N–H and O–H groups in total. The molecule has 34 heavy (non-hydrogen) atoms. The van der Waals surface area contributed by atoms with E-state index in [1.807, 2.05) is 54.6 Å². The Labute approximate surface area is 200 Å². The van der Waals surface area contributed by atoms with E-state index < -0.39 is 5.92 Å². The standard InChI is InChI=1S/C27H20ClNO5/c28-26-20(3-1-4-21(26)22-10-11-25(31)29-27(22)32)18-7-6-17-14-19(9-8-16(17)13-18)34-15-23(30)24-5-2-12-33-24/h1-9,12-14,22H,10-11,15H2,(H,29,31,32). The highest BCUT2D eigenvalue weighted by Crippen LogP contribution is 2.38. The van der Waals surface area contributed by atoms with Gasteiger partial charge >= 0.3 is 0 Å². The Hall–Kier alpha value is -3.90. The van der Waals surface area contributed by atoms with Crippen molar-refractivity contribution in [1.82, 2.24) is 5.32 Å². The first-order valence-corrected chi connectivity index (χ1v) is 11.2. The molecule has 0 bridgehead atoms. The van der Waals surface area contributed by atoms with Crippen LogP contribution in [0.5, 0.6) is 5.75 Å². The molecule has 4 aromatic rings. The van der Waals surface area contributed by atoms with Gasteiger partial charge in [-0.15, -0.1) is 0 Å². The highest BCUT2D eigenvalue weighted by molar-refractivity contribution is 6.34. The Bertz CT molecular complexity index is 1410. The number of carbonyl (C=O) groups excluding carboxylic acids is 3. The third kappa shape index (κ3) is 4.32. The second kappa shape index (κ2) is 9.15. The second-order valence-corrected chi connectivity index (χ2v) is 8.50. The van der Waals surface area contributed by atoms with Gasteiger partial charge in [-0.3, -0.25) is 19.7 Å². The number of ketones is 1. The predicted molar refractivity (Wildman–Crippen MR) is 128 cm³/mol. The molecule has 0 aliphatic carbocycles. The van der Waals surface area contributed by atoms with Crippen LogP contribution in [0.15, 0.2) is 77.4 Å². The Kier molecular flexibility index (Phi) is 5.90. The van der Waals surface area contributed by atoms with E-state index in [2.05, 4.69) is 5.32 Å². The summed E-state index contributed by atoms with van der Waals surface area (Å²) in [4.78, 5) is 35.9. The quantitative estimate of drug-likeness (QED) is 0.294. The number of rotatable bonds is 6. The van der Waals surface area contributed by atoms with Gasteiger partial charge in [0, 0.05) is 12.0 Å². The van der Waals surface area contributed by atoms with Crippen molar-refractivity contribution in [2.24, 2.45) is 0 Å². The molecule has 0 saturated carbocycles. The molecule has 1 unspecified atom stereocenters. The van der Waals surface area contributed by atoms with Gasteiger partial charge in [0.2, 0.25) is 17.6 Å². The molecule has 1 fully saturated rings. The largest absolute Gasteiger partial charge is 0.485 e. The first-order valence-electron chi connectivity index (χ1n) is 10.9. The lowest BCUT2D eigenvalue weighted by molar-refractivity contribution is -0.134. The SMILES string of the molecule is O=C1CCC(c2cccc(-c3ccc4cc(OCC(=O)c5ccco5)ccc4c3)c2Cl)C(=O)N1. The van der Waals surface area contributed by atoms with Crippen LogP contribution in [0.2, 0.25) is 5.02 Å². The Morgan fingerprint density at radius 2 is 1.85 bits per heavy atom. The predicted octanol–water partition coefficient (Wildman–Crippen LogP) is 5.54. The average molecular weight is 474 g/mol. The average Bonchev–Trinajstić information content (AvgIpc) is 3.38. The number of fused-ring (bicyclic) bond motifs is 1. The number of piperidine rings is 1. The van der Waals surface area contributed by atoms with Crippen LogP contribution in [0.25, 0.3) is 21.9 Å². The molecule has 6 nitrogen and oxygen atoms in total. The highest BCUT2D eigenvalue weighted by atomic mass is 35.5. The summed E-state index contributed by atoms with van der Waals surface area (Å²) in [6.45, 7) is -0.111. The van der Waals surface area contributed by atoms with Crippen molar-refractivity contribution in [3.8, 4) is 16.9 Å². The molecule has 1 atom stereocenters. The Balaban J connectivity index is 1.38. The van der Waals surface area contributed by atoms with Gasteiger partial charge in [0.25, 0.3) is 0 Å². The third-order valence-corrected chi connectivity index (χ3v) is 6.35. The lowest BCUT2D eigenvalue weighted by Crippen LogP contribution is -2.39. The normalized spacial score (nSPS) is 15.9. The monoisotopic (exact) mass is 473 g/mol. The molecule has 1 aliphatic rings. The van der Waals surface area contributed by atoms with Crippen molar-refractivity contribution in [1.29, 1.82) is 0 Å². The number of benzene rings is 3. The molecule has 2 amide bonds. The van der Waals surface area contributed by atoms with Crippen LogP contribution in [-0.2, 0) is 9.59 Å². The lowest BCUT2D eigenvalue weighted by Gasteiger charge is -2.23. The molecule has 0 radical (unpaired) electrons. The number of hydrogen-bond acceptors (Lipinski definition) is 5. The number of ether oxygens (including phenoxy) is 1. The van der Waals surface area contributed by atoms with Crippen molar-refractivity contribution in [3.63, 3.8) is 0 Å². The van der Waals surface area contributed by atoms with Crippen molar-refractivity contribution >= 4 is 40.0 Å². The topological polar surface area (TPSA) is 85.6 Å². The van der Waals surface area contributed by atoms with Crippen LogP contribution in [0.1, 0.15) is 34.9 Å². The smallest absolute Gasteiger partial charge is 0.235 e. The Morgan fingerprint density at radius 3 is 2.65 bits per heavy atom. The van der Waals surface area contributed by atoms with E-state index in [9.17, 15) is 14.4 Å². The van der Waals surface area contributed by atoms with E-state index in [1.165, 1.54) is 6.26 Å². The van der Waals surface area contributed by atoms with E-state index in [0.717, 1.165) is 21.9 Å².